The molecule has 5 nitrogen and oxygen atoms in total. The van der Waals surface area contributed by atoms with Crippen molar-refractivity contribution in [2.45, 2.75) is 25.4 Å². The average molecular weight is 314 g/mol. The summed E-state index contributed by atoms with van der Waals surface area (Å²) in [5.41, 5.74) is 1.08. The van der Waals surface area contributed by atoms with E-state index >= 15 is 0 Å². The van der Waals surface area contributed by atoms with Gasteiger partial charge in [-0.25, -0.2) is 0 Å². The van der Waals surface area contributed by atoms with E-state index in [1.54, 1.807) is 36.4 Å². The van der Waals surface area contributed by atoms with Gasteiger partial charge in [-0.2, -0.15) is 0 Å². The first kappa shape index (κ1) is 15.5. The smallest absolute Gasteiger partial charge is 0.163 e. The molecule has 5 heteroatoms. The third-order valence-electron chi connectivity index (χ3n) is 3.84. The lowest BCUT2D eigenvalue weighted by molar-refractivity contribution is -0.115. The topological polar surface area (TPSA) is 72.8 Å². The second kappa shape index (κ2) is 6.79. The fraction of sp³-hybridized carbons (Fsp3) is 0.333. The molecule has 120 valence electrons. The maximum absolute atomic E-state index is 12.2. The van der Waals surface area contributed by atoms with Crippen molar-refractivity contribution in [2.75, 3.05) is 13.2 Å². The van der Waals surface area contributed by atoms with Crippen LogP contribution >= 0.6 is 0 Å². The van der Waals surface area contributed by atoms with E-state index < -0.39 is 6.10 Å². The molecule has 2 aliphatic rings. The summed E-state index contributed by atoms with van der Waals surface area (Å²) in [6.07, 6.45) is 5.13. The highest BCUT2D eigenvalue weighted by Crippen LogP contribution is 2.31. The fourth-order valence-electron chi connectivity index (χ4n) is 2.55. The number of carbonyl (C=O) groups excluding carboxylic acids is 2. The van der Waals surface area contributed by atoms with Crippen LogP contribution in [-0.4, -0.2) is 36.0 Å². The van der Waals surface area contributed by atoms with Gasteiger partial charge in [0.2, 0.25) is 0 Å². The van der Waals surface area contributed by atoms with Crippen molar-refractivity contribution in [3.63, 3.8) is 0 Å². The molecule has 3 rings (SSSR count). The minimum Gasteiger partial charge on any atom is -0.486 e. The van der Waals surface area contributed by atoms with Crippen LogP contribution in [0.25, 0.3) is 0 Å². The molecule has 1 heterocycles. The number of Topliss-reactive ketones (excluding diaryl/α,β-unsaturated/α-hetero) is 2. The van der Waals surface area contributed by atoms with E-state index in [-0.39, 0.29) is 24.4 Å². The summed E-state index contributed by atoms with van der Waals surface area (Å²) in [7, 11) is 0. The van der Waals surface area contributed by atoms with Crippen LogP contribution in [0.2, 0.25) is 0 Å². The molecule has 23 heavy (non-hydrogen) atoms. The zero-order chi connectivity index (χ0) is 16.2. The SMILES string of the molecule is O=C(CCC(=O)c1ccc2c(c1)OCCO2)C1=CCC(O)C=C1. The molecule has 0 aromatic heterocycles. The number of aliphatic hydroxyl groups is 1. The Morgan fingerprint density at radius 1 is 1.09 bits per heavy atom. The monoisotopic (exact) mass is 314 g/mol. The second-order valence-electron chi connectivity index (χ2n) is 5.53. The first-order valence-electron chi connectivity index (χ1n) is 7.66. The number of ether oxygens (including phenoxy) is 2. The molecule has 1 atom stereocenters. The van der Waals surface area contributed by atoms with Gasteiger partial charge in [0.05, 0.1) is 6.10 Å². The molecule has 1 aromatic carbocycles. The lowest BCUT2D eigenvalue weighted by Gasteiger charge is -2.18. The van der Waals surface area contributed by atoms with Crippen LogP contribution in [0.4, 0.5) is 0 Å². The maximum Gasteiger partial charge on any atom is 0.163 e. The summed E-state index contributed by atoms with van der Waals surface area (Å²) in [6, 6.07) is 5.07. The van der Waals surface area contributed by atoms with Gasteiger partial charge >= 0.3 is 0 Å². The fourth-order valence-corrected chi connectivity index (χ4v) is 2.55. The minimum atomic E-state index is -0.522. The number of carbonyl (C=O) groups is 2. The largest absolute Gasteiger partial charge is 0.486 e. The van der Waals surface area contributed by atoms with Gasteiger partial charge in [0.25, 0.3) is 0 Å². The third-order valence-corrected chi connectivity index (χ3v) is 3.84. The van der Waals surface area contributed by atoms with Gasteiger partial charge in [-0.1, -0.05) is 18.2 Å². The van der Waals surface area contributed by atoms with Crippen molar-refractivity contribution in [3.8, 4) is 11.5 Å². The molecule has 1 unspecified atom stereocenters. The second-order valence-corrected chi connectivity index (χ2v) is 5.53. The molecule has 1 aromatic rings. The Morgan fingerprint density at radius 2 is 1.83 bits per heavy atom. The Bertz CT molecular complexity index is 687. The number of hydrogen-bond donors (Lipinski definition) is 1. The van der Waals surface area contributed by atoms with Crippen LogP contribution in [0.15, 0.2) is 42.0 Å². The van der Waals surface area contributed by atoms with E-state index in [2.05, 4.69) is 0 Å². The van der Waals surface area contributed by atoms with Crippen molar-refractivity contribution >= 4 is 11.6 Å². The minimum absolute atomic E-state index is 0.0842. The van der Waals surface area contributed by atoms with Crippen molar-refractivity contribution in [2.24, 2.45) is 0 Å². The molecule has 0 radical (unpaired) electrons. The molecule has 1 aliphatic carbocycles. The molecule has 0 amide bonds. The number of hydrogen-bond acceptors (Lipinski definition) is 5. The van der Waals surface area contributed by atoms with Crippen molar-refractivity contribution in [3.05, 3.63) is 47.6 Å². The maximum atomic E-state index is 12.2. The van der Waals surface area contributed by atoms with Crippen molar-refractivity contribution in [1.82, 2.24) is 0 Å². The predicted molar refractivity (Wildman–Crippen MR) is 83.9 cm³/mol. The Hall–Kier alpha value is -2.40. The molecular weight excluding hydrogens is 296 g/mol. The van der Waals surface area contributed by atoms with E-state index in [1.165, 1.54) is 0 Å². The van der Waals surface area contributed by atoms with Gasteiger partial charge in [0.15, 0.2) is 23.1 Å². The van der Waals surface area contributed by atoms with Crippen LogP contribution in [0.5, 0.6) is 11.5 Å². The Labute approximate surface area is 134 Å². The van der Waals surface area contributed by atoms with E-state index in [9.17, 15) is 14.7 Å². The van der Waals surface area contributed by atoms with E-state index in [1.807, 2.05) is 0 Å². The summed E-state index contributed by atoms with van der Waals surface area (Å²) >= 11 is 0. The Kier molecular flexibility index (Phi) is 4.57. The molecule has 0 bridgehead atoms. The highest BCUT2D eigenvalue weighted by molar-refractivity contribution is 6.03. The molecule has 1 aliphatic heterocycles. The zero-order valence-corrected chi connectivity index (χ0v) is 12.7. The Morgan fingerprint density at radius 3 is 2.57 bits per heavy atom. The first-order chi connectivity index (χ1) is 11.1. The van der Waals surface area contributed by atoms with E-state index in [4.69, 9.17) is 9.47 Å². The third kappa shape index (κ3) is 3.68. The molecule has 1 N–H and O–H groups in total. The number of aliphatic hydroxyl groups excluding tert-OH is 1. The Balaban J connectivity index is 1.59. The molecule has 0 fully saturated rings. The number of ketones is 2. The molecule has 0 saturated heterocycles. The lowest BCUT2D eigenvalue weighted by Crippen LogP contribution is -2.16. The normalized spacial score (nSPS) is 19.2. The van der Waals surface area contributed by atoms with Crippen molar-refractivity contribution in [1.29, 1.82) is 0 Å². The average Bonchev–Trinajstić information content (AvgIpc) is 2.59. The highest BCUT2D eigenvalue weighted by Gasteiger charge is 2.17. The lowest BCUT2D eigenvalue weighted by atomic mass is 9.97. The van der Waals surface area contributed by atoms with Gasteiger partial charge in [0.1, 0.15) is 13.2 Å². The van der Waals surface area contributed by atoms with Gasteiger partial charge in [-0.05, 0) is 24.6 Å². The van der Waals surface area contributed by atoms with Crippen LogP contribution in [0.1, 0.15) is 29.6 Å². The predicted octanol–water partition coefficient (Wildman–Crippen LogP) is 2.24. The van der Waals surface area contributed by atoms with E-state index in [0.29, 0.717) is 42.3 Å². The summed E-state index contributed by atoms with van der Waals surface area (Å²) in [5.74, 6) is 1.02. The number of benzene rings is 1. The number of fused-ring (bicyclic) bond motifs is 1. The van der Waals surface area contributed by atoms with Crippen molar-refractivity contribution < 1.29 is 24.2 Å². The number of rotatable bonds is 5. The molecule has 0 saturated carbocycles. The summed E-state index contributed by atoms with van der Waals surface area (Å²) in [4.78, 5) is 24.3. The summed E-state index contributed by atoms with van der Waals surface area (Å²) in [5, 5.41) is 9.35. The van der Waals surface area contributed by atoms with Crippen LogP contribution < -0.4 is 9.47 Å². The van der Waals surface area contributed by atoms with Crippen LogP contribution in [0.3, 0.4) is 0 Å². The quantitative estimate of drug-likeness (QED) is 0.844. The molecular formula is C18H18O5. The summed E-state index contributed by atoms with van der Waals surface area (Å²) in [6.45, 7) is 0.974. The number of allylic oxidation sites excluding steroid dienone is 2. The summed E-state index contributed by atoms with van der Waals surface area (Å²) < 4.78 is 10.9. The van der Waals surface area contributed by atoms with Gasteiger partial charge < -0.3 is 14.6 Å². The standard InChI is InChI=1S/C18H18O5/c19-14-4-1-12(2-5-14)15(20)6-7-16(21)13-3-8-17-18(11-13)23-10-9-22-17/h1-4,8,11,14,19H,5-7,9-10H2. The van der Waals surface area contributed by atoms with Crippen LogP contribution in [-0.2, 0) is 4.79 Å². The van der Waals surface area contributed by atoms with E-state index in [0.717, 1.165) is 0 Å². The first-order valence-corrected chi connectivity index (χ1v) is 7.66. The van der Waals surface area contributed by atoms with Gasteiger partial charge in [0, 0.05) is 24.0 Å². The van der Waals surface area contributed by atoms with Gasteiger partial charge in [-0.3, -0.25) is 9.59 Å². The highest BCUT2D eigenvalue weighted by atomic mass is 16.6. The zero-order valence-electron chi connectivity index (χ0n) is 12.7. The van der Waals surface area contributed by atoms with Gasteiger partial charge in [-0.15, -0.1) is 0 Å². The molecule has 0 spiro atoms. The van der Waals surface area contributed by atoms with Crippen LogP contribution in [0, 0.1) is 0 Å².